The summed E-state index contributed by atoms with van der Waals surface area (Å²) in [5.74, 6) is 1.68. The first-order valence-electron chi connectivity index (χ1n) is 10.5. The van der Waals surface area contributed by atoms with Crippen LogP contribution in [0.2, 0.25) is 0 Å². The second kappa shape index (κ2) is 9.67. The Hall–Kier alpha value is -2.99. The Morgan fingerprint density at radius 3 is 2.60 bits per heavy atom. The summed E-state index contributed by atoms with van der Waals surface area (Å²) in [6.45, 7) is 5.88. The number of methoxy groups -OCH3 is 1. The van der Waals surface area contributed by atoms with Crippen LogP contribution in [0.25, 0.3) is 11.0 Å². The molecular formula is C24H28N2O4. The molecule has 0 atom stereocenters. The highest BCUT2D eigenvalue weighted by Crippen LogP contribution is 2.28. The van der Waals surface area contributed by atoms with Crippen molar-refractivity contribution in [2.75, 3.05) is 51.3 Å². The molecule has 0 saturated carbocycles. The molecule has 0 unspecified atom stereocenters. The van der Waals surface area contributed by atoms with Gasteiger partial charge in [-0.25, -0.2) is 4.79 Å². The number of nitrogens with zero attached hydrogens (tertiary/aromatic N) is 2. The monoisotopic (exact) mass is 408 g/mol. The van der Waals surface area contributed by atoms with Crippen molar-refractivity contribution in [3.63, 3.8) is 0 Å². The van der Waals surface area contributed by atoms with Crippen LogP contribution < -0.4 is 20.0 Å². The Morgan fingerprint density at radius 1 is 0.967 bits per heavy atom. The van der Waals surface area contributed by atoms with Crippen molar-refractivity contribution in [1.82, 2.24) is 4.90 Å². The molecule has 30 heavy (non-hydrogen) atoms. The summed E-state index contributed by atoms with van der Waals surface area (Å²) in [6, 6.07) is 17.0. The fraction of sp³-hybridized carbons (Fsp3) is 0.375. The Kier molecular flexibility index (Phi) is 6.54. The van der Waals surface area contributed by atoms with Crippen molar-refractivity contribution in [3.05, 3.63) is 65.0 Å². The van der Waals surface area contributed by atoms with Crippen LogP contribution in [0.4, 0.5) is 5.69 Å². The van der Waals surface area contributed by atoms with E-state index in [2.05, 4.69) is 21.9 Å². The Balaban J connectivity index is 1.18. The van der Waals surface area contributed by atoms with E-state index < -0.39 is 0 Å². The molecule has 158 valence electrons. The SMILES string of the molecule is COc1ccccc1N1CCN(CCCCOc2ccc3ccc(=O)oc3c2)CC1. The summed E-state index contributed by atoms with van der Waals surface area (Å²) in [7, 11) is 1.73. The van der Waals surface area contributed by atoms with Crippen molar-refractivity contribution in [3.8, 4) is 11.5 Å². The van der Waals surface area contributed by atoms with Crippen LogP contribution in [0.3, 0.4) is 0 Å². The van der Waals surface area contributed by atoms with Crippen LogP contribution in [0, 0.1) is 0 Å². The number of ether oxygens (including phenoxy) is 2. The maximum atomic E-state index is 11.4. The third-order valence-corrected chi connectivity index (χ3v) is 5.53. The predicted octanol–water partition coefficient (Wildman–Crippen LogP) is 3.78. The molecule has 1 aliphatic rings. The number of benzene rings is 2. The van der Waals surface area contributed by atoms with Crippen LogP contribution in [0.5, 0.6) is 11.5 Å². The van der Waals surface area contributed by atoms with Gasteiger partial charge in [0.25, 0.3) is 0 Å². The zero-order chi connectivity index (χ0) is 20.8. The largest absolute Gasteiger partial charge is 0.495 e. The van der Waals surface area contributed by atoms with Crippen LogP contribution in [0.1, 0.15) is 12.8 Å². The lowest BCUT2D eigenvalue weighted by atomic mass is 10.2. The van der Waals surface area contributed by atoms with E-state index in [0.717, 1.165) is 62.5 Å². The first-order valence-corrected chi connectivity index (χ1v) is 10.5. The van der Waals surface area contributed by atoms with E-state index in [9.17, 15) is 4.79 Å². The third-order valence-electron chi connectivity index (χ3n) is 5.53. The summed E-state index contributed by atoms with van der Waals surface area (Å²) in [6.07, 6.45) is 2.08. The molecule has 6 nitrogen and oxygen atoms in total. The molecule has 3 aromatic rings. The standard InChI is InChI=1S/C24H28N2O4/c1-28-22-7-3-2-6-21(22)26-15-13-25(14-16-26)12-4-5-17-29-20-10-8-19-9-11-24(27)30-23(19)18-20/h2-3,6-11,18H,4-5,12-17H2,1H3. The minimum absolute atomic E-state index is 0.342. The van der Waals surface area contributed by atoms with Gasteiger partial charge in [-0.3, -0.25) is 4.90 Å². The van der Waals surface area contributed by atoms with Gasteiger partial charge in [0.15, 0.2) is 0 Å². The molecule has 2 heterocycles. The molecule has 0 amide bonds. The van der Waals surface area contributed by atoms with Gasteiger partial charge >= 0.3 is 5.63 Å². The summed E-state index contributed by atoms with van der Waals surface area (Å²) < 4.78 is 16.5. The second-order valence-corrected chi connectivity index (χ2v) is 7.51. The van der Waals surface area contributed by atoms with Crippen molar-refractivity contribution in [2.45, 2.75) is 12.8 Å². The molecule has 2 aromatic carbocycles. The van der Waals surface area contributed by atoms with Crippen LogP contribution in [-0.4, -0.2) is 51.3 Å². The van der Waals surface area contributed by atoms with Gasteiger partial charge in [0, 0.05) is 43.7 Å². The number of rotatable bonds is 8. The molecule has 0 N–H and O–H groups in total. The zero-order valence-electron chi connectivity index (χ0n) is 17.4. The van der Waals surface area contributed by atoms with Crippen molar-refractivity contribution in [1.29, 1.82) is 0 Å². The van der Waals surface area contributed by atoms with Crippen molar-refractivity contribution < 1.29 is 13.9 Å². The van der Waals surface area contributed by atoms with Crippen molar-refractivity contribution in [2.24, 2.45) is 0 Å². The van der Waals surface area contributed by atoms with E-state index in [1.165, 1.54) is 11.8 Å². The molecule has 0 bridgehead atoms. The average Bonchev–Trinajstić information content (AvgIpc) is 2.79. The first kappa shape index (κ1) is 20.3. The maximum Gasteiger partial charge on any atom is 0.336 e. The summed E-state index contributed by atoms with van der Waals surface area (Å²) >= 11 is 0. The smallest absolute Gasteiger partial charge is 0.336 e. The fourth-order valence-corrected chi connectivity index (χ4v) is 3.86. The third kappa shape index (κ3) is 4.94. The van der Waals surface area contributed by atoms with Gasteiger partial charge in [0.1, 0.15) is 17.1 Å². The molecular weight excluding hydrogens is 380 g/mol. The van der Waals surface area contributed by atoms with Gasteiger partial charge in [0.2, 0.25) is 0 Å². The van der Waals surface area contributed by atoms with Crippen LogP contribution >= 0.6 is 0 Å². The van der Waals surface area contributed by atoms with Crippen molar-refractivity contribution >= 4 is 16.7 Å². The minimum atomic E-state index is -0.342. The molecule has 4 rings (SSSR count). The maximum absolute atomic E-state index is 11.4. The molecule has 1 saturated heterocycles. The van der Waals surface area contributed by atoms with E-state index in [-0.39, 0.29) is 5.63 Å². The predicted molar refractivity (Wildman–Crippen MR) is 119 cm³/mol. The molecule has 1 aromatic heterocycles. The highest BCUT2D eigenvalue weighted by Gasteiger charge is 2.19. The van der Waals surface area contributed by atoms with E-state index in [1.807, 2.05) is 24.3 Å². The second-order valence-electron chi connectivity index (χ2n) is 7.51. The summed E-state index contributed by atoms with van der Waals surface area (Å²) in [5.41, 5.74) is 1.40. The molecule has 0 spiro atoms. The van der Waals surface area contributed by atoms with Crippen LogP contribution in [-0.2, 0) is 0 Å². The number of hydrogen-bond donors (Lipinski definition) is 0. The minimum Gasteiger partial charge on any atom is -0.495 e. The molecule has 1 fully saturated rings. The zero-order valence-corrected chi connectivity index (χ0v) is 17.4. The highest BCUT2D eigenvalue weighted by atomic mass is 16.5. The summed E-state index contributed by atoms with van der Waals surface area (Å²) in [4.78, 5) is 16.3. The lowest BCUT2D eigenvalue weighted by Crippen LogP contribution is -2.46. The Morgan fingerprint density at radius 2 is 1.77 bits per heavy atom. The highest BCUT2D eigenvalue weighted by molar-refractivity contribution is 5.77. The topological polar surface area (TPSA) is 55.2 Å². The van der Waals surface area contributed by atoms with Gasteiger partial charge in [-0.05, 0) is 49.7 Å². The summed E-state index contributed by atoms with van der Waals surface area (Å²) in [5, 5.41) is 0.897. The lowest BCUT2D eigenvalue weighted by Gasteiger charge is -2.36. The number of unbranched alkanes of at least 4 members (excludes halogenated alkanes) is 1. The molecule has 0 radical (unpaired) electrons. The fourth-order valence-electron chi connectivity index (χ4n) is 3.86. The van der Waals surface area contributed by atoms with E-state index in [1.54, 1.807) is 19.2 Å². The molecule has 6 heteroatoms. The molecule has 1 aliphatic heterocycles. The number of para-hydroxylation sites is 2. The first-order chi connectivity index (χ1) is 14.7. The quantitative estimate of drug-likeness (QED) is 0.418. The lowest BCUT2D eigenvalue weighted by molar-refractivity contribution is 0.238. The number of piperazine rings is 1. The average molecular weight is 408 g/mol. The van der Waals surface area contributed by atoms with E-state index in [0.29, 0.717) is 12.2 Å². The van der Waals surface area contributed by atoms with Gasteiger partial charge < -0.3 is 18.8 Å². The number of fused-ring (bicyclic) bond motifs is 1. The van der Waals surface area contributed by atoms with Gasteiger partial charge in [-0.1, -0.05) is 12.1 Å². The Bertz CT molecular complexity index is 1020. The van der Waals surface area contributed by atoms with E-state index in [4.69, 9.17) is 13.9 Å². The molecule has 0 aliphatic carbocycles. The van der Waals surface area contributed by atoms with Crippen LogP contribution in [0.15, 0.2) is 63.8 Å². The number of anilines is 1. The van der Waals surface area contributed by atoms with E-state index >= 15 is 0 Å². The number of hydrogen-bond acceptors (Lipinski definition) is 6. The van der Waals surface area contributed by atoms with Gasteiger partial charge in [0.05, 0.1) is 19.4 Å². The normalized spacial score (nSPS) is 14.8. The Labute approximate surface area is 176 Å². The van der Waals surface area contributed by atoms with Gasteiger partial charge in [-0.2, -0.15) is 0 Å². The van der Waals surface area contributed by atoms with Gasteiger partial charge in [-0.15, -0.1) is 0 Å².